The van der Waals surface area contributed by atoms with Crippen molar-refractivity contribution in [1.29, 1.82) is 0 Å². The number of carboxylic acid groups (broad SMARTS) is 1. The van der Waals surface area contributed by atoms with Gasteiger partial charge in [0, 0.05) is 6.42 Å². The molecule has 0 saturated heterocycles. The smallest absolute Gasteiger partial charge is 0.330 e. The number of carbonyl (C=O) groups is 2. The maximum atomic E-state index is 11.8. The highest BCUT2D eigenvalue weighted by Gasteiger charge is 2.23. The number of hydrogen-bond donors (Lipinski definition) is 2. The predicted molar refractivity (Wildman–Crippen MR) is 71.5 cm³/mol. The van der Waals surface area contributed by atoms with Crippen LogP contribution < -0.4 is 5.32 Å². The van der Waals surface area contributed by atoms with Gasteiger partial charge >= 0.3 is 5.97 Å². The third-order valence-corrected chi connectivity index (χ3v) is 3.69. The molecule has 1 aliphatic rings. The minimum absolute atomic E-state index is 0.178. The van der Waals surface area contributed by atoms with Gasteiger partial charge in [0.1, 0.15) is 0 Å². The van der Waals surface area contributed by atoms with Gasteiger partial charge in [0.15, 0.2) is 6.04 Å². The number of aliphatic carboxylic acids is 1. The Labute approximate surface area is 112 Å². The molecule has 2 rings (SSSR count). The Hall–Kier alpha value is -1.84. The monoisotopic (exact) mass is 261 g/mol. The van der Waals surface area contributed by atoms with Crippen molar-refractivity contribution in [1.82, 2.24) is 5.32 Å². The van der Waals surface area contributed by atoms with Crippen LogP contribution in [0.15, 0.2) is 30.3 Å². The van der Waals surface area contributed by atoms with E-state index in [4.69, 9.17) is 0 Å². The lowest BCUT2D eigenvalue weighted by atomic mass is 9.82. The first-order valence-electron chi connectivity index (χ1n) is 6.74. The van der Waals surface area contributed by atoms with Gasteiger partial charge in [-0.1, -0.05) is 49.6 Å². The van der Waals surface area contributed by atoms with Crippen LogP contribution in [0.1, 0.15) is 43.7 Å². The molecule has 1 atom stereocenters. The van der Waals surface area contributed by atoms with Crippen molar-refractivity contribution < 1.29 is 14.7 Å². The molecule has 0 bridgehead atoms. The predicted octanol–water partition coefficient (Wildman–Crippen LogP) is 2.51. The van der Waals surface area contributed by atoms with Crippen LogP contribution in [0.5, 0.6) is 0 Å². The summed E-state index contributed by atoms with van der Waals surface area (Å²) in [4.78, 5) is 23.0. The third kappa shape index (κ3) is 3.81. The van der Waals surface area contributed by atoms with Gasteiger partial charge in [0.2, 0.25) is 5.91 Å². The molecule has 0 heterocycles. The number of hydrogen-bond acceptors (Lipinski definition) is 2. The Bertz CT molecular complexity index is 440. The largest absolute Gasteiger partial charge is 0.479 e. The van der Waals surface area contributed by atoms with E-state index in [9.17, 15) is 14.7 Å². The van der Waals surface area contributed by atoms with E-state index in [1.807, 2.05) is 6.07 Å². The number of carboxylic acids is 1. The maximum absolute atomic E-state index is 11.8. The van der Waals surface area contributed by atoms with Crippen LogP contribution in [0.2, 0.25) is 0 Å². The Morgan fingerprint density at radius 3 is 2.47 bits per heavy atom. The van der Waals surface area contributed by atoms with Gasteiger partial charge in [0.05, 0.1) is 0 Å². The summed E-state index contributed by atoms with van der Waals surface area (Å²) in [6, 6.07) is 7.84. The minimum Gasteiger partial charge on any atom is -0.479 e. The van der Waals surface area contributed by atoms with Crippen LogP contribution in [0, 0.1) is 5.92 Å². The van der Waals surface area contributed by atoms with Crippen molar-refractivity contribution in [3.05, 3.63) is 35.9 Å². The number of rotatable bonds is 6. The molecular weight excluding hydrogens is 242 g/mol. The fourth-order valence-electron chi connectivity index (χ4n) is 2.28. The summed E-state index contributed by atoms with van der Waals surface area (Å²) in [6.45, 7) is 0. The van der Waals surface area contributed by atoms with Crippen LogP contribution >= 0.6 is 0 Å². The average molecular weight is 261 g/mol. The molecule has 1 fully saturated rings. The van der Waals surface area contributed by atoms with E-state index in [0.717, 1.165) is 6.42 Å². The SMILES string of the molecule is O=C(CCC1CCC1)N[C@@H](C(=O)O)c1ccccc1. The zero-order valence-corrected chi connectivity index (χ0v) is 10.8. The Balaban J connectivity index is 1.89. The number of amides is 1. The second-order valence-electron chi connectivity index (χ2n) is 5.09. The first-order chi connectivity index (χ1) is 9.16. The maximum Gasteiger partial charge on any atom is 0.330 e. The summed E-state index contributed by atoms with van der Waals surface area (Å²) < 4.78 is 0. The molecule has 2 N–H and O–H groups in total. The molecule has 0 aliphatic heterocycles. The Kier molecular flexibility index (Phi) is 4.55. The van der Waals surface area contributed by atoms with E-state index < -0.39 is 12.0 Å². The number of nitrogens with one attached hydrogen (secondary N) is 1. The zero-order chi connectivity index (χ0) is 13.7. The average Bonchev–Trinajstić information content (AvgIpc) is 2.35. The first kappa shape index (κ1) is 13.6. The summed E-state index contributed by atoms with van der Waals surface area (Å²) in [5.41, 5.74) is 0.604. The van der Waals surface area contributed by atoms with Gasteiger partial charge in [-0.2, -0.15) is 0 Å². The second-order valence-corrected chi connectivity index (χ2v) is 5.09. The lowest BCUT2D eigenvalue weighted by Crippen LogP contribution is -2.34. The fourth-order valence-corrected chi connectivity index (χ4v) is 2.28. The highest BCUT2D eigenvalue weighted by Crippen LogP contribution is 2.30. The second kappa shape index (κ2) is 6.36. The lowest BCUT2D eigenvalue weighted by molar-refractivity contribution is -0.142. The van der Waals surface area contributed by atoms with Gasteiger partial charge in [-0.05, 0) is 17.9 Å². The van der Waals surface area contributed by atoms with E-state index in [2.05, 4.69) is 5.32 Å². The van der Waals surface area contributed by atoms with Crippen molar-refractivity contribution in [2.24, 2.45) is 5.92 Å². The van der Waals surface area contributed by atoms with E-state index in [0.29, 0.717) is 17.9 Å². The molecule has 102 valence electrons. The third-order valence-electron chi connectivity index (χ3n) is 3.69. The van der Waals surface area contributed by atoms with Crippen LogP contribution in [0.3, 0.4) is 0 Å². The summed E-state index contributed by atoms with van der Waals surface area (Å²) in [6.07, 6.45) is 4.95. The van der Waals surface area contributed by atoms with Crippen LogP contribution in [-0.4, -0.2) is 17.0 Å². The minimum atomic E-state index is -1.02. The first-order valence-corrected chi connectivity index (χ1v) is 6.74. The molecule has 1 aromatic carbocycles. The van der Waals surface area contributed by atoms with E-state index in [1.54, 1.807) is 24.3 Å². The molecule has 4 nitrogen and oxygen atoms in total. The molecule has 1 aromatic rings. The van der Waals surface area contributed by atoms with Crippen molar-refractivity contribution in [2.45, 2.75) is 38.1 Å². The fraction of sp³-hybridized carbons (Fsp3) is 0.467. The van der Waals surface area contributed by atoms with Crippen molar-refractivity contribution in [3.63, 3.8) is 0 Å². The topological polar surface area (TPSA) is 66.4 Å². The molecule has 0 spiro atoms. The summed E-state index contributed by atoms with van der Waals surface area (Å²) >= 11 is 0. The molecule has 0 unspecified atom stereocenters. The molecule has 0 radical (unpaired) electrons. The quantitative estimate of drug-likeness (QED) is 0.826. The zero-order valence-electron chi connectivity index (χ0n) is 10.8. The Morgan fingerprint density at radius 1 is 1.26 bits per heavy atom. The van der Waals surface area contributed by atoms with Crippen molar-refractivity contribution in [2.75, 3.05) is 0 Å². The van der Waals surface area contributed by atoms with Gasteiger partial charge in [-0.3, -0.25) is 4.79 Å². The molecule has 0 aromatic heterocycles. The molecular formula is C15H19NO3. The van der Waals surface area contributed by atoms with Gasteiger partial charge in [-0.15, -0.1) is 0 Å². The summed E-state index contributed by atoms with van der Waals surface area (Å²) in [5.74, 6) is -0.544. The van der Waals surface area contributed by atoms with Crippen molar-refractivity contribution in [3.8, 4) is 0 Å². The number of benzene rings is 1. The molecule has 4 heteroatoms. The van der Waals surface area contributed by atoms with Crippen molar-refractivity contribution >= 4 is 11.9 Å². The van der Waals surface area contributed by atoms with E-state index in [1.165, 1.54) is 19.3 Å². The molecule has 19 heavy (non-hydrogen) atoms. The van der Waals surface area contributed by atoms with Crippen LogP contribution in [-0.2, 0) is 9.59 Å². The van der Waals surface area contributed by atoms with E-state index >= 15 is 0 Å². The lowest BCUT2D eigenvalue weighted by Gasteiger charge is -2.25. The highest BCUT2D eigenvalue weighted by atomic mass is 16.4. The standard InChI is InChI=1S/C15H19NO3/c17-13(10-9-11-5-4-6-11)16-14(15(18)19)12-7-2-1-3-8-12/h1-3,7-8,11,14H,4-6,9-10H2,(H,16,17)(H,18,19)/t14-/m1/s1. The van der Waals surface area contributed by atoms with Gasteiger partial charge in [-0.25, -0.2) is 4.79 Å². The molecule has 1 saturated carbocycles. The normalized spacial score (nSPS) is 16.4. The molecule has 1 aliphatic carbocycles. The summed E-state index contributed by atoms with van der Waals surface area (Å²) in [7, 11) is 0. The highest BCUT2D eigenvalue weighted by molar-refractivity contribution is 5.84. The number of carbonyl (C=O) groups excluding carboxylic acids is 1. The molecule has 1 amide bonds. The Morgan fingerprint density at radius 2 is 1.95 bits per heavy atom. The van der Waals surface area contributed by atoms with Gasteiger partial charge < -0.3 is 10.4 Å². The van der Waals surface area contributed by atoms with Crippen LogP contribution in [0.25, 0.3) is 0 Å². The summed E-state index contributed by atoms with van der Waals surface area (Å²) in [5, 5.41) is 11.8. The van der Waals surface area contributed by atoms with Crippen LogP contribution in [0.4, 0.5) is 0 Å². The van der Waals surface area contributed by atoms with E-state index in [-0.39, 0.29) is 5.91 Å². The van der Waals surface area contributed by atoms with Gasteiger partial charge in [0.25, 0.3) is 0 Å².